The quantitative estimate of drug-likeness (QED) is 0.374. The molecule has 1 heterocycles. The van der Waals surface area contributed by atoms with Gasteiger partial charge in [0.25, 0.3) is 5.69 Å². The second-order valence-corrected chi connectivity index (χ2v) is 5.76. The van der Waals surface area contributed by atoms with Crippen LogP contribution in [-0.2, 0) is 11.0 Å². The van der Waals surface area contributed by atoms with Gasteiger partial charge in [0.15, 0.2) is 5.16 Å². The van der Waals surface area contributed by atoms with Gasteiger partial charge in [0, 0.05) is 18.3 Å². The summed E-state index contributed by atoms with van der Waals surface area (Å²) in [4.78, 5) is 29.1. The fourth-order valence-electron chi connectivity index (χ4n) is 1.74. The molecule has 25 heavy (non-hydrogen) atoms. The molecule has 0 aliphatic heterocycles. The highest BCUT2D eigenvalue weighted by Crippen LogP contribution is 2.28. The predicted molar refractivity (Wildman–Crippen MR) is 84.2 cm³/mol. The van der Waals surface area contributed by atoms with Gasteiger partial charge in [-0.1, -0.05) is 17.8 Å². The number of thioether (sulfide) groups is 1. The maximum atomic E-state index is 12.6. The average molecular weight is 372 g/mol. The number of aromatic nitrogens is 2. The third kappa shape index (κ3) is 5.14. The highest BCUT2D eigenvalue weighted by molar-refractivity contribution is 7.99. The summed E-state index contributed by atoms with van der Waals surface area (Å²) in [6.07, 6.45) is -3.64. The van der Waals surface area contributed by atoms with E-state index in [1.807, 2.05) is 0 Å². The van der Waals surface area contributed by atoms with Crippen molar-refractivity contribution in [3.8, 4) is 0 Å². The molecule has 2 rings (SSSR count). The molecule has 0 aliphatic carbocycles. The van der Waals surface area contributed by atoms with E-state index in [9.17, 15) is 28.1 Å². The number of non-ortho nitro benzene ring substituents is 1. The van der Waals surface area contributed by atoms with Crippen LogP contribution in [0.15, 0.2) is 35.6 Å². The largest absolute Gasteiger partial charge is 0.433 e. The fourth-order valence-corrected chi connectivity index (χ4v) is 2.37. The SMILES string of the molecule is Cc1ccc([N+](=O)[O-])cc1NC(=O)CSc1nccc(C(F)(F)F)n1. The smallest absolute Gasteiger partial charge is 0.325 e. The number of alkyl halides is 3. The Labute approximate surface area is 143 Å². The molecular weight excluding hydrogens is 361 g/mol. The third-order valence-electron chi connectivity index (χ3n) is 2.96. The summed E-state index contributed by atoms with van der Waals surface area (Å²) in [5.41, 5.74) is -0.418. The Bertz CT molecular complexity index is 814. The molecule has 1 N–H and O–H groups in total. The number of aryl methyl sites for hydroxylation is 1. The Morgan fingerprint density at radius 2 is 2.08 bits per heavy atom. The minimum absolute atomic E-state index is 0.185. The van der Waals surface area contributed by atoms with Gasteiger partial charge in [-0.15, -0.1) is 0 Å². The summed E-state index contributed by atoms with van der Waals surface area (Å²) in [7, 11) is 0. The van der Waals surface area contributed by atoms with Crippen molar-refractivity contribution in [2.75, 3.05) is 11.1 Å². The monoisotopic (exact) mass is 372 g/mol. The van der Waals surface area contributed by atoms with Crippen molar-refractivity contribution in [3.63, 3.8) is 0 Å². The van der Waals surface area contributed by atoms with Gasteiger partial charge in [-0.25, -0.2) is 9.97 Å². The molecule has 0 spiro atoms. The number of hydrogen-bond acceptors (Lipinski definition) is 6. The summed E-state index contributed by atoms with van der Waals surface area (Å²) in [5, 5.41) is 13.0. The topological polar surface area (TPSA) is 98.0 Å². The van der Waals surface area contributed by atoms with Crippen LogP contribution in [0.1, 0.15) is 11.3 Å². The van der Waals surface area contributed by atoms with E-state index in [4.69, 9.17) is 0 Å². The van der Waals surface area contributed by atoms with Gasteiger partial charge in [0.2, 0.25) is 5.91 Å². The zero-order valence-corrected chi connectivity index (χ0v) is 13.5. The summed E-state index contributed by atoms with van der Waals surface area (Å²) < 4.78 is 37.7. The van der Waals surface area contributed by atoms with E-state index in [1.165, 1.54) is 18.2 Å². The number of hydrogen-bond donors (Lipinski definition) is 1. The van der Waals surface area contributed by atoms with E-state index in [2.05, 4.69) is 15.3 Å². The van der Waals surface area contributed by atoms with Gasteiger partial charge in [0.05, 0.1) is 16.4 Å². The number of nitrogens with one attached hydrogen (secondary N) is 1. The first-order valence-corrected chi connectivity index (χ1v) is 7.73. The number of nitrogens with zero attached hydrogens (tertiary/aromatic N) is 3. The summed E-state index contributed by atoms with van der Waals surface area (Å²) in [6.45, 7) is 1.66. The molecule has 0 atom stereocenters. The van der Waals surface area contributed by atoms with Crippen LogP contribution < -0.4 is 5.32 Å². The van der Waals surface area contributed by atoms with E-state index < -0.39 is 22.7 Å². The first-order valence-electron chi connectivity index (χ1n) is 6.75. The second kappa shape index (κ2) is 7.47. The highest BCUT2D eigenvalue weighted by atomic mass is 32.2. The van der Waals surface area contributed by atoms with Crippen molar-refractivity contribution in [1.29, 1.82) is 0 Å². The van der Waals surface area contributed by atoms with Gasteiger partial charge < -0.3 is 5.32 Å². The van der Waals surface area contributed by atoms with Crippen LogP contribution in [0, 0.1) is 17.0 Å². The minimum Gasteiger partial charge on any atom is -0.325 e. The van der Waals surface area contributed by atoms with Gasteiger partial charge in [-0.3, -0.25) is 14.9 Å². The summed E-state index contributed by atoms with van der Waals surface area (Å²) in [5.74, 6) is -0.793. The number of halogens is 3. The molecule has 0 unspecified atom stereocenters. The van der Waals surface area contributed by atoms with Crippen molar-refractivity contribution in [2.24, 2.45) is 0 Å². The van der Waals surface area contributed by atoms with Crippen LogP contribution in [0.4, 0.5) is 24.5 Å². The third-order valence-corrected chi connectivity index (χ3v) is 3.82. The molecular formula is C14H11F3N4O3S. The average Bonchev–Trinajstić information content (AvgIpc) is 2.54. The number of carbonyl (C=O) groups is 1. The lowest BCUT2D eigenvalue weighted by atomic mass is 10.2. The van der Waals surface area contributed by atoms with Gasteiger partial charge in [-0.05, 0) is 18.6 Å². The number of nitro groups is 1. The van der Waals surface area contributed by atoms with E-state index >= 15 is 0 Å². The van der Waals surface area contributed by atoms with Gasteiger partial charge in [0.1, 0.15) is 5.69 Å². The molecule has 0 saturated carbocycles. The molecule has 0 fully saturated rings. The molecule has 0 bridgehead atoms. The highest BCUT2D eigenvalue weighted by Gasteiger charge is 2.32. The molecule has 1 aromatic heterocycles. The maximum Gasteiger partial charge on any atom is 0.433 e. The Balaban J connectivity index is 2.02. The predicted octanol–water partition coefficient (Wildman–Crippen LogP) is 3.44. The standard InChI is InChI=1S/C14H11F3N4O3S/c1-8-2-3-9(21(23)24)6-10(8)19-12(22)7-25-13-18-5-4-11(20-13)14(15,16)17/h2-6H,7H2,1H3,(H,19,22). The van der Waals surface area contributed by atoms with E-state index in [1.54, 1.807) is 6.92 Å². The van der Waals surface area contributed by atoms with Crippen LogP contribution in [-0.4, -0.2) is 26.6 Å². The first-order chi connectivity index (χ1) is 11.7. The zero-order valence-electron chi connectivity index (χ0n) is 12.7. The van der Waals surface area contributed by atoms with E-state index in [-0.39, 0.29) is 22.3 Å². The van der Waals surface area contributed by atoms with Gasteiger partial charge >= 0.3 is 6.18 Å². The van der Waals surface area contributed by atoms with Crippen molar-refractivity contribution in [1.82, 2.24) is 9.97 Å². The van der Waals surface area contributed by atoms with E-state index in [0.717, 1.165) is 24.0 Å². The first kappa shape index (κ1) is 18.6. The number of amides is 1. The molecule has 132 valence electrons. The van der Waals surface area contributed by atoms with Crippen LogP contribution in [0.25, 0.3) is 0 Å². The zero-order chi connectivity index (χ0) is 18.6. The van der Waals surface area contributed by atoms with Crippen molar-refractivity contribution in [3.05, 3.63) is 51.8 Å². The van der Waals surface area contributed by atoms with E-state index in [0.29, 0.717) is 5.56 Å². The molecule has 11 heteroatoms. The Kier molecular flexibility index (Phi) is 5.57. The molecule has 0 radical (unpaired) electrons. The Morgan fingerprint density at radius 3 is 2.72 bits per heavy atom. The summed E-state index contributed by atoms with van der Waals surface area (Å²) >= 11 is 0.726. The van der Waals surface area contributed by atoms with Crippen LogP contribution in [0.2, 0.25) is 0 Å². The number of anilines is 1. The number of benzene rings is 1. The number of rotatable bonds is 5. The van der Waals surface area contributed by atoms with Crippen LogP contribution >= 0.6 is 11.8 Å². The van der Waals surface area contributed by atoms with Crippen molar-refractivity contribution in [2.45, 2.75) is 18.3 Å². The van der Waals surface area contributed by atoms with Gasteiger partial charge in [-0.2, -0.15) is 13.2 Å². The summed E-state index contributed by atoms with van der Waals surface area (Å²) in [6, 6.07) is 4.72. The Morgan fingerprint density at radius 1 is 1.36 bits per heavy atom. The minimum atomic E-state index is -4.60. The molecule has 1 aromatic carbocycles. The Hall–Kier alpha value is -2.69. The lowest BCUT2D eigenvalue weighted by molar-refractivity contribution is -0.384. The van der Waals surface area contributed by atoms with Crippen molar-refractivity contribution < 1.29 is 22.9 Å². The lowest BCUT2D eigenvalue weighted by Crippen LogP contribution is -2.15. The maximum absolute atomic E-state index is 12.6. The molecule has 0 saturated heterocycles. The molecule has 1 amide bonds. The lowest BCUT2D eigenvalue weighted by Gasteiger charge is -2.08. The number of nitro benzene ring substituents is 1. The van der Waals surface area contributed by atoms with Crippen molar-refractivity contribution >= 4 is 29.0 Å². The molecule has 7 nitrogen and oxygen atoms in total. The molecule has 2 aromatic rings. The van der Waals surface area contributed by atoms with Crippen LogP contribution in [0.5, 0.6) is 0 Å². The molecule has 0 aliphatic rings. The second-order valence-electron chi connectivity index (χ2n) is 4.82. The fraction of sp³-hybridized carbons (Fsp3) is 0.214. The normalized spacial score (nSPS) is 11.2. The van der Waals surface area contributed by atoms with Crippen LogP contribution in [0.3, 0.4) is 0 Å². The number of carbonyl (C=O) groups excluding carboxylic acids is 1.